The van der Waals surface area contributed by atoms with Crippen molar-refractivity contribution in [3.63, 3.8) is 0 Å². The largest absolute Gasteiger partial charge is 0.508 e. The van der Waals surface area contributed by atoms with Gasteiger partial charge >= 0.3 is 5.97 Å². The summed E-state index contributed by atoms with van der Waals surface area (Å²) in [5.41, 5.74) is 9.82. The first-order valence-corrected chi connectivity index (χ1v) is 22.8. The van der Waals surface area contributed by atoms with Gasteiger partial charge in [-0.25, -0.2) is 9.59 Å². The van der Waals surface area contributed by atoms with Crippen LogP contribution in [0.3, 0.4) is 0 Å². The van der Waals surface area contributed by atoms with Crippen LogP contribution in [0, 0.1) is 13.8 Å². The second-order valence-electron chi connectivity index (χ2n) is 18.2. The van der Waals surface area contributed by atoms with Gasteiger partial charge in [0.25, 0.3) is 0 Å². The fourth-order valence-electron chi connectivity index (χ4n) is 9.08. The normalized spacial score (nSPS) is 17.6. The molecule has 2 aliphatic rings. The number of phenols is 1. The maximum atomic E-state index is 14.1. The lowest BCUT2D eigenvalue weighted by molar-refractivity contribution is -0.153. The number of nitrogens with one attached hydrogen (secondary N) is 4. The van der Waals surface area contributed by atoms with E-state index in [9.17, 15) is 33.9 Å². The van der Waals surface area contributed by atoms with Crippen LogP contribution < -0.4 is 27.0 Å². The molecule has 7 N–H and O–H groups in total. The van der Waals surface area contributed by atoms with E-state index in [1.165, 1.54) is 19.6 Å². The summed E-state index contributed by atoms with van der Waals surface area (Å²) < 4.78 is 5.22. The average Bonchev–Trinajstić information content (AvgIpc) is 3.45. The third-order valence-corrected chi connectivity index (χ3v) is 13.0. The Hall–Kier alpha value is -6.80. The fraction of sp³-hybridized carbons (Fsp3) is 0.404. The number of esters is 1. The molecule has 0 spiro atoms. The zero-order valence-corrected chi connectivity index (χ0v) is 39.0. The van der Waals surface area contributed by atoms with E-state index < -0.39 is 58.8 Å². The number of hydrogen-bond acceptors (Lipinski definition) is 11. The lowest BCUT2D eigenvalue weighted by Gasteiger charge is -2.40. The number of hydrogen-bond donors (Lipinski definition) is 6. The minimum absolute atomic E-state index is 0.0318. The minimum atomic E-state index is -1.41. The molecule has 2 aliphatic heterocycles. The minimum Gasteiger partial charge on any atom is -0.508 e. The number of aromatic hydroxyl groups is 1. The number of carbonyl (C=O) groups is 5. The van der Waals surface area contributed by atoms with Gasteiger partial charge in [-0.1, -0.05) is 84.9 Å². The van der Waals surface area contributed by atoms with Crippen LogP contribution in [-0.2, 0) is 59.3 Å². The Morgan fingerprint density at radius 1 is 0.896 bits per heavy atom. The van der Waals surface area contributed by atoms with Gasteiger partial charge in [-0.2, -0.15) is 0 Å². The van der Waals surface area contributed by atoms with Crippen LogP contribution in [0.1, 0.15) is 78.1 Å². The van der Waals surface area contributed by atoms with E-state index in [4.69, 9.17) is 10.5 Å². The van der Waals surface area contributed by atoms with E-state index in [1.807, 2.05) is 68.3 Å². The molecule has 6 rings (SSSR count). The third-order valence-electron chi connectivity index (χ3n) is 13.0. The topological polar surface area (TPSA) is 212 Å². The second kappa shape index (κ2) is 22.1. The molecule has 0 aromatic heterocycles. The van der Waals surface area contributed by atoms with Gasteiger partial charge in [0.2, 0.25) is 23.6 Å². The van der Waals surface area contributed by atoms with Crippen molar-refractivity contribution in [1.82, 2.24) is 31.1 Å². The summed E-state index contributed by atoms with van der Waals surface area (Å²) in [6.45, 7) is 8.53. The first-order chi connectivity index (χ1) is 32.0. The van der Waals surface area contributed by atoms with Gasteiger partial charge in [-0.05, 0) is 111 Å². The number of benzene rings is 4. The molecule has 4 amide bonds. The van der Waals surface area contributed by atoms with Gasteiger partial charge in [0.15, 0.2) is 0 Å². The van der Waals surface area contributed by atoms with E-state index in [0.29, 0.717) is 31.5 Å². The maximum Gasteiger partial charge on any atom is 0.331 e. The first-order valence-electron chi connectivity index (χ1n) is 22.8. The molecule has 0 saturated carbocycles. The van der Waals surface area contributed by atoms with Crippen molar-refractivity contribution >= 4 is 35.5 Å². The molecule has 4 atom stereocenters. The molecular weight excluding hydrogens is 851 g/mol. The highest BCUT2D eigenvalue weighted by atomic mass is 16.5. The molecule has 1 fully saturated rings. The van der Waals surface area contributed by atoms with E-state index in [0.717, 1.165) is 40.8 Å². The number of phenolic OH excluding ortho intramolecular Hbond substituents is 1. The molecule has 0 radical (unpaired) electrons. The van der Waals surface area contributed by atoms with E-state index in [-0.39, 0.29) is 43.8 Å². The smallest absolute Gasteiger partial charge is 0.331 e. The number of rotatable bonds is 17. The summed E-state index contributed by atoms with van der Waals surface area (Å²) in [5, 5.41) is 21.6. The van der Waals surface area contributed by atoms with Crippen LogP contribution >= 0.6 is 0 Å². The van der Waals surface area contributed by atoms with Crippen LogP contribution in [0.5, 0.6) is 5.75 Å². The Balaban J connectivity index is 1.13. The maximum absolute atomic E-state index is 14.1. The quantitative estimate of drug-likeness (QED) is 0.0665. The van der Waals surface area contributed by atoms with E-state index in [1.54, 1.807) is 48.2 Å². The van der Waals surface area contributed by atoms with Gasteiger partial charge in [-0.3, -0.25) is 19.2 Å². The standard InChI is InChI=1S/C52H63N7O8/c1-34-26-41(61)27-35(2)42(34)30-51(4,53)49(65)54-36(3)48(64)56-44-28-39-18-12-13-19-40(39)31-59(45(44)33-60)32-47(63)55-43(38-16-10-7-11-17-38)29-46(62)57-52(50(66)67-5)21-24-58(25-22-52)23-20-37-14-8-6-9-15-37/h6-19,26-27,36,43-44,61H,20-25,28-32,53H2,1-5H3,(H,54,65)(H,55,63)(H,56,64)(H,57,62)/t36-,43?,44+,51+/m1/s1. The second-order valence-corrected chi connectivity index (χ2v) is 18.2. The van der Waals surface area contributed by atoms with Crippen molar-refractivity contribution in [1.29, 1.82) is 0 Å². The number of nitrogens with zero attached hydrogens (tertiary/aromatic N) is 2. The third kappa shape index (κ3) is 12.8. The Bertz CT molecular complexity index is 2440. The molecule has 1 saturated heterocycles. The van der Waals surface area contributed by atoms with Gasteiger partial charge in [-0.15, -0.1) is 0 Å². The average molecular weight is 914 g/mol. The molecule has 15 heteroatoms. The summed E-state index contributed by atoms with van der Waals surface area (Å²) in [4.78, 5) is 85.5. The molecule has 1 unspecified atom stereocenters. The molecular formula is C52H63N7O8. The van der Waals surface area contributed by atoms with Crippen LogP contribution in [0.25, 0.3) is 0 Å². The lowest BCUT2D eigenvalue weighted by atomic mass is 9.86. The van der Waals surface area contributed by atoms with Gasteiger partial charge in [0, 0.05) is 26.2 Å². The Labute approximate surface area is 392 Å². The zero-order valence-electron chi connectivity index (χ0n) is 39.0. The number of ether oxygens (including phenoxy) is 1. The van der Waals surface area contributed by atoms with E-state index >= 15 is 0 Å². The molecule has 4 aromatic rings. The zero-order chi connectivity index (χ0) is 48.3. The van der Waals surface area contributed by atoms with Crippen molar-refractivity contribution in [2.75, 3.05) is 33.3 Å². The molecule has 0 bridgehead atoms. The number of likely N-dealkylation sites (tertiary alicyclic amines) is 1. The van der Waals surface area contributed by atoms with Gasteiger partial charge in [0.05, 0.1) is 37.7 Å². The number of fused-ring (bicyclic) bond motifs is 1. The molecule has 2 heterocycles. The fourth-order valence-corrected chi connectivity index (χ4v) is 9.08. The summed E-state index contributed by atoms with van der Waals surface area (Å²) >= 11 is 0. The first kappa shape index (κ1) is 49.6. The molecule has 354 valence electrons. The predicted molar refractivity (Wildman–Crippen MR) is 254 cm³/mol. The highest BCUT2D eigenvalue weighted by Crippen LogP contribution is 2.28. The van der Waals surface area contributed by atoms with Crippen molar-refractivity contribution in [2.45, 2.75) is 102 Å². The molecule has 67 heavy (non-hydrogen) atoms. The van der Waals surface area contributed by atoms with Crippen molar-refractivity contribution in [2.24, 2.45) is 5.73 Å². The number of nitrogens with two attached hydrogens (primary N) is 1. The summed E-state index contributed by atoms with van der Waals surface area (Å²) in [7, 11) is 1.31. The molecule has 0 aliphatic carbocycles. The van der Waals surface area contributed by atoms with Crippen LogP contribution in [0.4, 0.5) is 0 Å². The van der Waals surface area contributed by atoms with Crippen LogP contribution in [0.2, 0.25) is 0 Å². The van der Waals surface area contributed by atoms with Crippen LogP contribution in [-0.4, -0.2) is 107 Å². The van der Waals surface area contributed by atoms with Crippen molar-refractivity contribution < 1.29 is 38.6 Å². The lowest BCUT2D eigenvalue weighted by Crippen LogP contribution is -2.60. The van der Waals surface area contributed by atoms with Gasteiger partial charge in [0.1, 0.15) is 29.0 Å². The van der Waals surface area contributed by atoms with Gasteiger partial charge < -0.3 is 46.6 Å². The highest BCUT2D eigenvalue weighted by Gasteiger charge is 2.44. The highest BCUT2D eigenvalue weighted by molar-refractivity contribution is 5.92. The Morgan fingerprint density at radius 3 is 2.13 bits per heavy atom. The predicted octanol–water partition coefficient (Wildman–Crippen LogP) is 3.65. The summed E-state index contributed by atoms with van der Waals surface area (Å²) in [6.07, 6.45) is 1.74. The number of carbonyl (C=O) groups excluding carboxylic acids is 6. The Kier molecular flexibility index (Phi) is 16.4. The molecule has 4 aromatic carbocycles. The Morgan fingerprint density at radius 2 is 1.51 bits per heavy atom. The van der Waals surface area contributed by atoms with Crippen LogP contribution in [0.15, 0.2) is 103 Å². The van der Waals surface area contributed by atoms with Crippen molar-refractivity contribution in [3.8, 4) is 5.75 Å². The monoisotopic (exact) mass is 913 g/mol. The number of piperidine rings is 1. The molecule has 15 nitrogen and oxygen atoms in total. The van der Waals surface area contributed by atoms with Crippen molar-refractivity contribution in [3.05, 3.63) is 142 Å². The number of methoxy groups -OCH3 is 1. The number of aryl methyl sites for hydroxylation is 2. The van der Waals surface area contributed by atoms with E-state index in [2.05, 4.69) is 38.3 Å². The SMILES string of the molecule is COC(=O)C1(NC(=O)CC(NC(=O)CN2Cc3ccccc3C[C@H](NC(=O)[C@@H](C)NC(=O)[C@@](C)(N)Cc3c(C)cc(O)cc3C)C2=C=O)c2ccccc2)CCN(CCc2ccccc2)CC1. The number of amides is 4. The summed E-state index contributed by atoms with van der Waals surface area (Å²) in [6, 6.07) is 27.1. The summed E-state index contributed by atoms with van der Waals surface area (Å²) in [5.74, 6) is -0.514.